The van der Waals surface area contributed by atoms with E-state index in [1.54, 1.807) is 0 Å². The van der Waals surface area contributed by atoms with Gasteiger partial charge in [-0.25, -0.2) is 4.79 Å². The van der Waals surface area contributed by atoms with Gasteiger partial charge in [-0.05, 0) is 39.7 Å². The Morgan fingerprint density at radius 1 is 1.19 bits per heavy atom. The van der Waals surface area contributed by atoms with E-state index in [2.05, 4.69) is 32.9 Å². The molecule has 4 heteroatoms. The van der Waals surface area contributed by atoms with Gasteiger partial charge in [-0.2, -0.15) is 4.57 Å². The molecule has 0 N–H and O–H groups in total. The summed E-state index contributed by atoms with van der Waals surface area (Å²) in [5.74, 6) is 0.0118. The smallest absolute Gasteiger partial charge is 0.344 e. The third-order valence-corrected chi connectivity index (χ3v) is 6.03. The predicted molar refractivity (Wildman–Crippen MR) is 102 cm³/mol. The van der Waals surface area contributed by atoms with Crippen molar-refractivity contribution in [2.24, 2.45) is 5.92 Å². The number of pyridine rings is 1. The Labute approximate surface area is 161 Å². The van der Waals surface area contributed by atoms with Gasteiger partial charge in [0.2, 0.25) is 0 Å². The molecule has 1 aromatic heterocycles. The second-order valence-electron chi connectivity index (χ2n) is 8.70. The number of ether oxygens (including phenoxy) is 2. The summed E-state index contributed by atoms with van der Waals surface area (Å²) in [6, 6.07) is 14.0. The van der Waals surface area contributed by atoms with Gasteiger partial charge in [0.15, 0.2) is 18.9 Å². The number of benzene rings is 1. The lowest BCUT2D eigenvalue weighted by atomic mass is 9.67. The minimum atomic E-state index is -0.250. The molecule has 1 aliphatic carbocycles. The molecule has 27 heavy (non-hydrogen) atoms. The van der Waals surface area contributed by atoms with Crippen molar-refractivity contribution in [3.8, 4) is 0 Å². The van der Waals surface area contributed by atoms with Gasteiger partial charge in [0, 0.05) is 24.0 Å². The summed E-state index contributed by atoms with van der Waals surface area (Å²) in [5.41, 5.74) is 1.36. The highest BCUT2D eigenvalue weighted by Crippen LogP contribution is 2.50. The van der Waals surface area contributed by atoms with Crippen molar-refractivity contribution < 1.29 is 18.8 Å². The highest BCUT2D eigenvalue weighted by atomic mass is 16.6. The first kappa shape index (κ1) is 18.2. The Balaban J connectivity index is 1.48. The molecule has 3 aliphatic rings. The minimum Gasteiger partial charge on any atom is -0.458 e. The van der Waals surface area contributed by atoms with Crippen LogP contribution < -0.4 is 4.57 Å². The van der Waals surface area contributed by atoms with Crippen LogP contribution >= 0.6 is 0 Å². The van der Waals surface area contributed by atoms with Crippen molar-refractivity contribution in [3.05, 3.63) is 66.0 Å². The number of hydrogen-bond acceptors (Lipinski definition) is 3. The average Bonchev–Trinajstić information content (AvgIpc) is 2.61. The van der Waals surface area contributed by atoms with E-state index in [4.69, 9.17) is 9.47 Å². The van der Waals surface area contributed by atoms with Crippen LogP contribution in [0.5, 0.6) is 0 Å². The zero-order chi connectivity index (χ0) is 19.1. The zero-order valence-corrected chi connectivity index (χ0v) is 16.4. The maximum atomic E-state index is 12.8. The molecule has 3 heterocycles. The first-order chi connectivity index (χ1) is 12.8. The maximum Gasteiger partial charge on any atom is 0.344 e. The number of carbonyl (C=O) groups is 1. The van der Waals surface area contributed by atoms with E-state index < -0.39 is 0 Å². The summed E-state index contributed by atoms with van der Waals surface area (Å²) < 4.78 is 14.3. The SMILES string of the molecule is CC1(C)O[C@]2(C)CC[C@H]1[C@H](OC(=O)c1ccc[n+](Cc3ccccc3)c1)C2. The van der Waals surface area contributed by atoms with E-state index in [1.165, 1.54) is 5.56 Å². The second-order valence-corrected chi connectivity index (χ2v) is 8.70. The summed E-state index contributed by atoms with van der Waals surface area (Å²) in [6.45, 7) is 7.10. The first-order valence-electron chi connectivity index (χ1n) is 9.79. The van der Waals surface area contributed by atoms with Crippen LogP contribution in [0.1, 0.15) is 56.0 Å². The third-order valence-electron chi connectivity index (χ3n) is 6.03. The maximum absolute atomic E-state index is 12.8. The van der Waals surface area contributed by atoms with Crippen molar-refractivity contribution in [2.45, 2.75) is 63.9 Å². The van der Waals surface area contributed by atoms with Gasteiger partial charge in [0.25, 0.3) is 0 Å². The average molecular weight is 366 g/mol. The molecule has 3 atom stereocenters. The topological polar surface area (TPSA) is 39.4 Å². The minimum absolute atomic E-state index is 0.0808. The van der Waals surface area contributed by atoms with Crippen LogP contribution in [0, 0.1) is 5.92 Å². The van der Waals surface area contributed by atoms with Crippen LogP contribution in [0.2, 0.25) is 0 Å². The fourth-order valence-electron chi connectivity index (χ4n) is 4.78. The Morgan fingerprint density at radius 2 is 1.96 bits per heavy atom. The number of hydrogen-bond donors (Lipinski definition) is 0. The van der Waals surface area contributed by atoms with Gasteiger partial charge in [0.05, 0.1) is 11.2 Å². The van der Waals surface area contributed by atoms with Gasteiger partial charge in [-0.1, -0.05) is 30.3 Å². The number of fused-ring (bicyclic) bond motifs is 3. The Bertz CT molecular complexity index is 830. The van der Waals surface area contributed by atoms with Crippen molar-refractivity contribution in [1.29, 1.82) is 0 Å². The molecule has 4 nitrogen and oxygen atoms in total. The van der Waals surface area contributed by atoms with E-state index in [-0.39, 0.29) is 29.2 Å². The lowest BCUT2D eigenvalue weighted by Crippen LogP contribution is -2.60. The number of nitrogens with zero attached hydrogens (tertiary/aromatic N) is 1. The molecule has 0 radical (unpaired) electrons. The molecular weight excluding hydrogens is 338 g/mol. The van der Waals surface area contributed by atoms with Crippen molar-refractivity contribution >= 4 is 5.97 Å². The van der Waals surface area contributed by atoms with Crippen molar-refractivity contribution in [3.63, 3.8) is 0 Å². The van der Waals surface area contributed by atoms with Gasteiger partial charge in [-0.15, -0.1) is 0 Å². The van der Waals surface area contributed by atoms with Crippen molar-refractivity contribution in [1.82, 2.24) is 0 Å². The Kier molecular flexibility index (Phi) is 4.55. The molecular formula is C23H28NO3+. The van der Waals surface area contributed by atoms with Crippen LogP contribution in [0.4, 0.5) is 0 Å². The van der Waals surface area contributed by atoms with Crippen LogP contribution in [0.25, 0.3) is 0 Å². The number of carbonyl (C=O) groups excluding carboxylic acids is 1. The lowest BCUT2D eigenvalue weighted by Gasteiger charge is -2.56. The van der Waals surface area contributed by atoms with Gasteiger partial charge < -0.3 is 9.47 Å². The van der Waals surface area contributed by atoms with E-state index in [0.29, 0.717) is 5.56 Å². The number of aromatic nitrogens is 1. The predicted octanol–water partition coefficient (Wildman–Crippen LogP) is 3.92. The van der Waals surface area contributed by atoms with Crippen LogP contribution in [0.3, 0.4) is 0 Å². The molecule has 2 aromatic rings. The third kappa shape index (κ3) is 3.77. The highest BCUT2D eigenvalue weighted by molar-refractivity contribution is 5.88. The summed E-state index contributed by atoms with van der Waals surface area (Å²) in [4.78, 5) is 12.8. The Morgan fingerprint density at radius 3 is 2.67 bits per heavy atom. The Hall–Kier alpha value is -2.20. The summed E-state index contributed by atoms with van der Waals surface area (Å²) in [6.07, 6.45) is 6.64. The number of rotatable bonds is 4. The molecule has 0 spiro atoms. The molecule has 5 rings (SSSR count). The molecule has 2 bridgehead atoms. The van der Waals surface area contributed by atoms with Crippen LogP contribution in [-0.2, 0) is 16.0 Å². The molecule has 0 amide bonds. The summed E-state index contributed by atoms with van der Waals surface area (Å²) >= 11 is 0. The fourth-order valence-corrected chi connectivity index (χ4v) is 4.78. The summed E-state index contributed by atoms with van der Waals surface area (Å²) in [5, 5.41) is 0. The monoisotopic (exact) mass is 366 g/mol. The quantitative estimate of drug-likeness (QED) is 0.608. The van der Waals surface area contributed by atoms with Gasteiger partial charge in [-0.3, -0.25) is 0 Å². The zero-order valence-electron chi connectivity index (χ0n) is 16.4. The normalized spacial score (nSPS) is 28.7. The van der Waals surface area contributed by atoms with E-state index in [9.17, 15) is 4.79 Å². The lowest BCUT2D eigenvalue weighted by molar-refractivity contribution is -0.688. The molecule has 2 aliphatic heterocycles. The largest absolute Gasteiger partial charge is 0.458 e. The van der Waals surface area contributed by atoms with Gasteiger partial charge in [0.1, 0.15) is 11.7 Å². The molecule has 3 fully saturated rings. The summed E-state index contributed by atoms with van der Waals surface area (Å²) in [7, 11) is 0. The highest BCUT2D eigenvalue weighted by Gasteiger charge is 2.54. The molecule has 1 saturated carbocycles. The van der Waals surface area contributed by atoms with Crippen molar-refractivity contribution in [2.75, 3.05) is 0 Å². The molecule has 0 unspecified atom stereocenters. The molecule has 142 valence electrons. The first-order valence-corrected chi connectivity index (χ1v) is 9.79. The second kappa shape index (κ2) is 6.75. The van der Waals surface area contributed by atoms with E-state index >= 15 is 0 Å². The molecule has 2 saturated heterocycles. The van der Waals surface area contributed by atoms with E-state index in [0.717, 1.165) is 25.8 Å². The van der Waals surface area contributed by atoms with Crippen LogP contribution in [0.15, 0.2) is 54.9 Å². The fraction of sp³-hybridized carbons (Fsp3) is 0.478. The standard InChI is InChI=1S/C23H28NO3/c1-22(2)19-11-12-23(3,27-22)14-20(19)26-21(25)18-10-7-13-24(16-18)15-17-8-5-4-6-9-17/h4-10,13,16,19-20H,11-12,14-15H2,1-3H3/q+1/t19-,20+,23+/m0/s1. The molecule has 1 aromatic carbocycles. The van der Waals surface area contributed by atoms with Gasteiger partial charge >= 0.3 is 5.97 Å². The number of esters is 1. The van der Waals surface area contributed by atoms with Crippen LogP contribution in [-0.4, -0.2) is 23.3 Å². The van der Waals surface area contributed by atoms with E-state index in [1.807, 2.05) is 47.3 Å².